The van der Waals surface area contributed by atoms with Crippen LogP contribution in [0.15, 0.2) is 18.2 Å². The summed E-state index contributed by atoms with van der Waals surface area (Å²) < 4.78 is 0. The molecule has 1 aliphatic rings. The molecule has 104 valence electrons. The van der Waals surface area contributed by atoms with E-state index in [4.69, 9.17) is 5.84 Å². The Bertz CT molecular complexity index is 466. The molecule has 0 saturated heterocycles. The Hall–Kier alpha value is -1.86. The first kappa shape index (κ1) is 13.6. The van der Waals surface area contributed by atoms with E-state index in [-0.39, 0.29) is 23.4 Å². The van der Waals surface area contributed by atoms with Crippen LogP contribution in [0.3, 0.4) is 0 Å². The maximum absolute atomic E-state index is 11.1. The van der Waals surface area contributed by atoms with Crippen molar-refractivity contribution in [1.82, 2.24) is 0 Å². The fraction of sp³-hybridized carbons (Fsp3) is 0.500. The van der Waals surface area contributed by atoms with Gasteiger partial charge in [0.15, 0.2) is 0 Å². The zero-order valence-electron chi connectivity index (χ0n) is 10.5. The highest BCUT2D eigenvalue weighted by Gasteiger charge is 2.26. The Morgan fingerprint density at radius 2 is 2.16 bits per heavy atom. The first-order valence-corrected chi connectivity index (χ1v) is 6.29. The molecule has 1 aromatic rings. The third kappa shape index (κ3) is 2.94. The minimum Gasteiger partial charge on any atom is -0.393 e. The number of nitrogens with one attached hydrogen (secondary N) is 2. The van der Waals surface area contributed by atoms with E-state index >= 15 is 0 Å². The number of hydrogen-bond acceptors (Lipinski definition) is 6. The monoisotopic (exact) mass is 266 g/mol. The Labute approximate surface area is 110 Å². The van der Waals surface area contributed by atoms with E-state index in [9.17, 15) is 15.2 Å². The van der Waals surface area contributed by atoms with Crippen LogP contribution in [0.4, 0.5) is 17.1 Å². The summed E-state index contributed by atoms with van der Waals surface area (Å²) in [4.78, 5) is 10.6. The van der Waals surface area contributed by atoms with Gasteiger partial charge in [-0.15, -0.1) is 0 Å². The lowest BCUT2D eigenvalue weighted by Crippen LogP contribution is -2.22. The number of nitro benzene ring substituents is 1. The summed E-state index contributed by atoms with van der Waals surface area (Å²) in [7, 11) is 0. The smallest absolute Gasteiger partial charge is 0.316 e. The number of nitrogen functional groups attached to an aromatic ring is 1. The number of benzene rings is 1. The van der Waals surface area contributed by atoms with Crippen molar-refractivity contribution in [2.45, 2.75) is 25.4 Å². The molecule has 2 rings (SSSR count). The average molecular weight is 266 g/mol. The summed E-state index contributed by atoms with van der Waals surface area (Å²) in [6.07, 6.45) is 2.43. The number of aliphatic hydroxyl groups excluding tert-OH is 1. The number of hydrazine groups is 1. The second-order valence-electron chi connectivity index (χ2n) is 4.74. The first-order chi connectivity index (χ1) is 9.13. The van der Waals surface area contributed by atoms with E-state index in [1.807, 2.05) is 0 Å². The highest BCUT2D eigenvalue weighted by molar-refractivity contribution is 5.75. The molecule has 1 fully saturated rings. The minimum atomic E-state index is -0.470. The number of hydrogen-bond donors (Lipinski definition) is 4. The van der Waals surface area contributed by atoms with Crippen molar-refractivity contribution in [3.8, 4) is 0 Å². The summed E-state index contributed by atoms with van der Waals surface area (Å²) in [6, 6.07) is 4.88. The van der Waals surface area contributed by atoms with Gasteiger partial charge in [-0.1, -0.05) is 12.5 Å². The van der Waals surface area contributed by atoms with Crippen molar-refractivity contribution in [1.29, 1.82) is 0 Å². The van der Waals surface area contributed by atoms with E-state index < -0.39 is 4.92 Å². The van der Waals surface area contributed by atoms with Gasteiger partial charge in [0.1, 0.15) is 11.4 Å². The normalized spacial score (nSPS) is 22.2. The SMILES string of the molecule is NNc1cccc(NCC2CCCC2O)c1[N+](=O)[O-]. The van der Waals surface area contributed by atoms with Gasteiger partial charge in [0.05, 0.1) is 11.0 Å². The number of nitrogens with two attached hydrogens (primary N) is 1. The maximum Gasteiger partial charge on any atom is 0.316 e. The summed E-state index contributed by atoms with van der Waals surface area (Å²) in [5.41, 5.74) is 2.93. The average Bonchev–Trinajstić information content (AvgIpc) is 2.81. The van der Waals surface area contributed by atoms with E-state index in [2.05, 4.69) is 10.7 Å². The van der Waals surface area contributed by atoms with Crippen LogP contribution in [-0.4, -0.2) is 22.7 Å². The van der Waals surface area contributed by atoms with Crippen LogP contribution in [0, 0.1) is 16.0 Å². The van der Waals surface area contributed by atoms with Crippen molar-refractivity contribution in [3.05, 3.63) is 28.3 Å². The molecule has 0 bridgehead atoms. The van der Waals surface area contributed by atoms with E-state index in [1.54, 1.807) is 18.2 Å². The molecule has 1 aliphatic carbocycles. The Morgan fingerprint density at radius 1 is 1.42 bits per heavy atom. The zero-order chi connectivity index (χ0) is 13.8. The number of anilines is 2. The third-order valence-electron chi connectivity index (χ3n) is 3.55. The van der Waals surface area contributed by atoms with E-state index in [0.29, 0.717) is 12.2 Å². The molecular formula is C12H18N4O3. The fourth-order valence-electron chi connectivity index (χ4n) is 2.50. The van der Waals surface area contributed by atoms with Crippen molar-refractivity contribution in [2.24, 2.45) is 11.8 Å². The van der Waals surface area contributed by atoms with Crippen LogP contribution < -0.4 is 16.6 Å². The van der Waals surface area contributed by atoms with Crippen molar-refractivity contribution in [2.75, 3.05) is 17.3 Å². The standard InChI is InChI=1S/C12H18N4O3/c13-15-10-5-2-4-9(12(10)16(18)19)14-7-8-3-1-6-11(8)17/h2,4-5,8,11,14-15,17H,1,3,6-7,13H2. The molecule has 5 N–H and O–H groups in total. The highest BCUT2D eigenvalue weighted by atomic mass is 16.6. The number of rotatable bonds is 5. The van der Waals surface area contributed by atoms with Gasteiger partial charge in [0.2, 0.25) is 0 Å². The van der Waals surface area contributed by atoms with Crippen LogP contribution in [0.1, 0.15) is 19.3 Å². The molecule has 0 radical (unpaired) electrons. The molecule has 0 spiro atoms. The summed E-state index contributed by atoms with van der Waals surface area (Å²) in [5, 5.41) is 23.9. The number of aliphatic hydroxyl groups is 1. The lowest BCUT2D eigenvalue weighted by molar-refractivity contribution is -0.383. The van der Waals surface area contributed by atoms with Gasteiger partial charge < -0.3 is 15.8 Å². The quantitative estimate of drug-likeness (QED) is 0.364. The van der Waals surface area contributed by atoms with Gasteiger partial charge in [-0.2, -0.15) is 0 Å². The molecule has 0 heterocycles. The second kappa shape index (κ2) is 5.85. The van der Waals surface area contributed by atoms with Gasteiger partial charge >= 0.3 is 5.69 Å². The Kier molecular flexibility index (Phi) is 4.18. The molecule has 7 nitrogen and oxygen atoms in total. The molecule has 0 amide bonds. The molecule has 19 heavy (non-hydrogen) atoms. The van der Waals surface area contributed by atoms with Crippen molar-refractivity contribution < 1.29 is 10.0 Å². The van der Waals surface area contributed by atoms with Gasteiger partial charge in [0.25, 0.3) is 0 Å². The molecule has 0 aliphatic heterocycles. The second-order valence-corrected chi connectivity index (χ2v) is 4.74. The van der Waals surface area contributed by atoms with E-state index in [0.717, 1.165) is 19.3 Å². The number of nitrogens with zero attached hydrogens (tertiary/aromatic N) is 1. The van der Waals surface area contributed by atoms with Crippen molar-refractivity contribution >= 4 is 17.1 Å². The third-order valence-corrected chi connectivity index (χ3v) is 3.55. The lowest BCUT2D eigenvalue weighted by Gasteiger charge is -2.16. The van der Waals surface area contributed by atoms with Gasteiger partial charge in [0, 0.05) is 12.5 Å². The van der Waals surface area contributed by atoms with Crippen LogP contribution in [0.25, 0.3) is 0 Å². The van der Waals surface area contributed by atoms with Crippen molar-refractivity contribution in [3.63, 3.8) is 0 Å². The first-order valence-electron chi connectivity index (χ1n) is 6.29. The van der Waals surface area contributed by atoms with Crippen LogP contribution >= 0.6 is 0 Å². The summed E-state index contributed by atoms with van der Waals surface area (Å²) in [6.45, 7) is 0.524. The molecule has 2 unspecified atom stereocenters. The van der Waals surface area contributed by atoms with Gasteiger partial charge in [-0.05, 0) is 25.0 Å². The van der Waals surface area contributed by atoms with Crippen LogP contribution in [0.2, 0.25) is 0 Å². The molecule has 0 aromatic heterocycles. The summed E-state index contributed by atoms with van der Waals surface area (Å²) in [5.74, 6) is 5.42. The van der Waals surface area contributed by atoms with Gasteiger partial charge in [-0.25, -0.2) is 0 Å². The van der Waals surface area contributed by atoms with Gasteiger partial charge in [-0.3, -0.25) is 16.0 Å². The molecular weight excluding hydrogens is 248 g/mol. The predicted molar refractivity (Wildman–Crippen MR) is 72.7 cm³/mol. The topological polar surface area (TPSA) is 113 Å². The predicted octanol–water partition coefficient (Wildman–Crippen LogP) is 1.45. The highest BCUT2D eigenvalue weighted by Crippen LogP contribution is 2.33. The van der Waals surface area contributed by atoms with E-state index in [1.165, 1.54) is 0 Å². The molecule has 2 atom stereocenters. The lowest BCUT2D eigenvalue weighted by atomic mass is 10.1. The number of nitro groups is 1. The fourth-order valence-corrected chi connectivity index (χ4v) is 2.50. The molecule has 1 saturated carbocycles. The molecule has 7 heteroatoms. The Morgan fingerprint density at radius 3 is 2.74 bits per heavy atom. The minimum absolute atomic E-state index is 0.0718. The number of para-hydroxylation sites is 1. The van der Waals surface area contributed by atoms with Crippen LogP contribution in [-0.2, 0) is 0 Å². The Balaban J connectivity index is 2.13. The zero-order valence-corrected chi connectivity index (χ0v) is 10.5. The molecule has 1 aromatic carbocycles. The maximum atomic E-state index is 11.1. The largest absolute Gasteiger partial charge is 0.393 e. The van der Waals surface area contributed by atoms with Crippen LogP contribution in [0.5, 0.6) is 0 Å². The summed E-state index contributed by atoms with van der Waals surface area (Å²) >= 11 is 0.